The molecule has 0 radical (unpaired) electrons. The van der Waals surface area contributed by atoms with E-state index in [-0.39, 0.29) is 42.6 Å². The summed E-state index contributed by atoms with van der Waals surface area (Å²) in [7, 11) is 0. The van der Waals surface area contributed by atoms with Crippen LogP contribution in [-0.2, 0) is 14.4 Å². The molecule has 31 heavy (non-hydrogen) atoms. The minimum absolute atomic E-state index is 0.0244. The highest BCUT2D eigenvalue weighted by atomic mass is 16.2. The second-order valence-corrected chi connectivity index (χ2v) is 8.29. The van der Waals surface area contributed by atoms with Crippen LogP contribution in [0, 0.1) is 5.92 Å². The Morgan fingerprint density at radius 3 is 2.45 bits per heavy atom. The highest BCUT2D eigenvalue weighted by molar-refractivity contribution is 6.05. The first-order chi connectivity index (χ1) is 15.0. The lowest BCUT2D eigenvalue weighted by molar-refractivity contribution is -0.122. The van der Waals surface area contributed by atoms with Crippen molar-refractivity contribution in [3.63, 3.8) is 0 Å². The molecule has 1 saturated heterocycles. The number of nitrogens with one attached hydrogen (secondary N) is 2. The number of carbonyl (C=O) groups is 3. The second kappa shape index (κ2) is 9.31. The first-order valence-electron chi connectivity index (χ1n) is 10.8. The molecule has 0 aliphatic carbocycles. The van der Waals surface area contributed by atoms with Gasteiger partial charge in [-0.05, 0) is 57.1 Å². The third-order valence-corrected chi connectivity index (χ3v) is 5.99. The van der Waals surface area contributed by atoms with Gasteiger partial charge in [-0.2, -0.15) is 0 Å². The number of fused-ring (bicyclic) bond motifs is 1. The maximum atomic E-state index is 13.2. The summed E-state index contributed by atoms with van der Waals surface area (Å²) in [6.45, 7) is 3.57. The fourth-order valence-corrected chi connectivity index (χ4v) is 4.35. The van der Waals surface area contributed by atoms with E-state index in [0.717, 1.165) is 24.2 Å². The average molecular weight is 421 g/mol. The van der Waals surface area contributed by atoms with Gasteiger partial charge in [0, 0.05) is 24.1 Å². The number of hydrogen-bond acceptors (Lipinski definition) is 4. The van der Waals surface area contributed by atoms with E-state index in [1.165, 1.54) is 0 Å². The predicted octanol–water partition coefficient (Wildman–Crippen LogP) is 3.10. The van der Waals surface area contributed by atoms with Gasteiger partial charge in [0.15, 0.2) is 0 Å². The Balaban J connectivity index is 1.36. The van der Waals surface area contributed by atoms with E-state index < -0.39 is 0 Å². The molecule has 2 N–H and O–H groups in total. The smallest absolute Gasteiger partial charge is 0.241 e. The summed E-state index contributed by atoms with van der Waals surface area (Å²) in [5.41, 5.74) is 2.21. The van der Waals surface area contributed by atoms with Gasteiger partial charge < -0.3 is 15.5 Å². The SMILES string of the molecule is C[C@@H]1CC(=O)Nc2ccccc2N1C(=O)CN1CCC(C(=O)Nc2ccccc2)CC1. The van der Waals surface area contributed by atoms with Gasteiger partial charge in [0.25, 0.3) is 0 Å². The number of anilines is 3. The summed E-state index contributed by atoms with van der Waals surface area (Å²) in [5.74, 6) is -0.118. The van der Waals surface area contributed by atoms with Crippen LogP contribution in [0.1, 0.15) is 26.2 Å². The van der Waals surface area contributed by atoms with E-state index in [9.17, 15) is 14.4 Å². The molecule has 0 spiro atoms. The van der Waals surface area contributed by atoms with Gasteiger partial charge in [-0.1, -0.05) is 30.3 Å². The molecule has 0 bridgehead atoms. The highest BCUT2D eigenvalue weighted by Gasteiger charge is 2.32. The molecule has 7 nitrogen and oxygen atoms in total. The lowest BCUT2D eigenvalue weighted by Crippen LogP contribution is -2.47. The van der Waals surface area contributed by atoms with Crippen LogP contribution in [0.25, 0.3) is 0 Å². The van der Waals surface area contributed by atoms with Crippen molar-refractivity contribution >= 4 is 34.8 Å². The Kier molecular flexibility index (Phi) is 6.32. The van der Waals surface area contributed by atoms with Crippen LogP contribution in [0.15, 0.2) is 54.6 Å². The minimum Gasteiger partial charge on any atom is -0.326 e. The van der Waals surface area contributed by atoms with Crippen LogP contribution in [0.4, 0.5) is 17.1 Å². The quantitative estimate of drug-likeness (QED) is 0.796. The van der Waals surface area contributed by atoms with Crippen LogP contribution in [0.3, 0.4) is 0 Å². The number of likely N-dealkylation sites (tertiary alicyclic amines) is 1. The van der Waals surface area contributed by atoms with Gasteiger partial charge in [-0.25, -0.2) is 0 Å². The third kappa shape index (κ3) is 4.94. The molecule has 2 aliphatic rings. The summed E-state index contributed by atoms with van der Waals surface area (Å²) in [6, 6.07) is 16.7. The zero-order chi connectivity index (χ0) is 21.8. The van der Waals surface area contributed by atoms with Crippen molar-refractivity contribution < 1.29 is 14.4 Å². The van der Waals surface area contributed by atoms with Crippen LogP contribution >= 0.6 is 0 Å². The largest absolute Gasteiger partial charge is 0.326 e. The number of benzene rings is 2. The molecule has 162 valence electrons. The lowest BCUT2D eigenvalue weighted by Gasteiger charge is -2.34. The summed E-state index contributed by atoms with van der Waals surface area (Å²) in [5, 5.41) is 5.86. The normalized spacial score (nSPS) is 19.8. The number of hydrogen-bond donors (Lipinski definition) is 2. The van der Waals surface area contributed by atoms with E-state index in [1.807, 2.05) is 61.5 Å². The zero-order valence-electron chi connectivity index (χ0n) is 17.7. The lowest BCUT2D eigenvalue weighted by atomic mass is 9.95. The Morgan fingerprint density at radius 2 is 1.71 bits per heavy atom. The van der Waals surface area contributed by atoms with E-state index in [4.69, 9.17) is 0 Å². The van der Waals surface area contributed by atoms with Crippen molar-refractivity contribution in [3.05, 3.63) is 54.6 Å². The molecular weight excluding hydrogens is 392 g/mol. The molecule has 4 rings (SSSR count). The molecule has 1 fully saturated rings. The van der Waals surface area contributed by atoms with Gasteiger partial charge in [0.1, 0.15) is 0 Å². The highest BCUT2D eigenvalue weighted by Crippen LogP contribution is 2.31. The molecule has 2 heterocycles. The van der Waals surface area contributed by atoms with Crippen LogP contribution in [-0.4, -0.2) is 48.3 Å². The molecule has 0 saturated carbocycles. The minimum atomic E-state index is -0.217. The van der Waals surface area contributed by atoms with Crippen LogP contribution < -0.4 is 15.5 Å². The number of amides is 3. The van der Waals surface area contributed by atoms with Crippen molar-refractivity contribution in [2.75, 3.05) is 35.2 Å². The van der Waals surface area contributed by atoms with Crippen molar-refractivity contribution in [2.45, 2.75) is 32.2 Å². The van der Waals surface area contributed by atoms with E-state index in [2.05, 4.69) is 15.5 Å². The van der Waals surface area contributed by atoms with Crippen LogP contribution in [0.5, 0.6) is 0 Å². The number of rotatable bonds is 4. The zero-order valence-corrected chi connectivity index (χ0v) is 17.7. The predicted molar refractivity (Wildman–Crippen MR) is 121 cm³/mol. The number of piperidine rings is 1. The summed E-state index contributed by atoms with van der Waals surface area (Å²) in [4.78, 5) is 41.8. The number of carbonyl (C=O) groups excluding carboxylic acids is 3. The number of para-hydroxylation sites is 3. The van der Waals surface area contributed by atoms with Crippen molar-refractivity contribution in [2.24, 2.45) is 5.92 Å². The fourth-order valence-electron chi connectivity index (χ4n) is 4.35. The van der Waals surface area contributed by atoms with Gasteiger partial charge in [0.2, 0.25) is 17.7 Å². The van der Waals surface area contributed by atoms with E-state index in [0.29, 0.717) is 18.8 Å². The molecular formula is C24H28N4O3. The molecule has 2 aliphatic heterocycles. The van der Waals surface area contributed by atoms with Crippen molar-refractivity contribution in [1.29, 1.82) is 0 Å². The Morgan fingerprint density at radius 1 is 1.03 bits per heavy atom. The monoisotopic (exact) mass is 420 g/mol. The van der Waals surface area contributed by atoms with Gasteiger partial charge in [-0.3, -0.25) is 19.3 Å². The molecule has 2 aromatic carbocycles. The maximum absolute atomic E-state index is 13.2. The second-order valence-electron chi connectivity index (χ2n) is 8.29. The molecule has 2 aromatic rings. The Hall–Kier alpha value is -3.19. The van der Waals surface area contributed by atoms with Crippen molar-refractivity contribution in [3.8, 4) is 0 Å². The maximum Gasteiger partial charge on any atom is 0.241 e. The van der Waals surface area contributed by atoms with E-state index in [1.54, 1.807) is 4.90 Å². The van der Waals surface area contributed by atoms with E-state index >= 15 is 0 Å². The van der Waals surface area contributed by atoms with Crippen LogP contribution in [0.2, 0.25) is 0 Å². The summed E-state index contributed by atoms with van der Waals surface area (Å²) in [6.07, 6.45) is 1.71. The van der Waals surface area contributed by atoms with Gasteiger partial charge in [0.05, 0.1) is 17.9 Å². The molecule has 0 aromatic heterocycles. The molecule has 3 amide bonds. The first-order valence-corrected chi connectivity index (χ1v) is 10.8. The summed E-state index contributed by atoms with van der Waals surface area (Å²) >= 11 is 0. The topological polar surface area (TPSA) is 81.8 Å². The van der Waals surface area contributed by atoms with Crippen molar-refractivity contribution in [1.82, 2.24) is 4.90 Å². The average Bonchev–Trinajstić information content (AvgIpc) is 2.89. The molecule has 7 heteroatoms. The summed E-state index contributed by atoms with van der Waals surface area (Å²) < 4.78 is 0. The van der Waals surface area contributed by atoms with Gasteiger partial charge >= 0.3 is 0 Å². The molecule has 0 unspecified atom stereocenters. The third-order valence-electron chi connectivity index (χ3n) is 5.99. The van der Waals surface area contributed by atoms with Gasteiger partial charge in [-0.15, -0.1) is 0 Å². The Labute approximate surface area is 182 Å². The first kappa shape index (κ1) is 21.1. The standard InChI is InChI=1S/C24H28N4O3/c1-17-15-22(29)26-20-9-5-6-10-21(20)28(17)23(30)16-27-13-11-18(12-14-27)24(31)25-19-7-3-2-4-8-19/h2-10,17-18H,11-16H2,1H3,(H,25,31)(H,26,29)/t17-/m1/s1. The molecule has 1 atom stereocenters. The number of nitrogens with zero attached hydrogens (tertiary/aromatic N) is 2. The fraction of sp³-hybridized carbons (Fsp3) is 0.375. The Bertz CT molecular complexity index is 954.